The van der Waals surface area contributed by atoms with Crippen LogP contribution < -0.4 is 10.2 Å². The molecule has 3 rings (SSSR count). The van der Waals surface area contributed by atoms with Crippen LogP contribution in [0, 0.1) is 0 Å². The van der Waals surface area contributed by atoms with Crippen LogP contribution in [-0.4, -0.2) is 24.7 Å². The van der Waals surface area contributed by atoms with Gasteiger partial charge in [-0.25, -0.2) is 4.79 Å². The van der Waals surface area contributed by atoms with Crippen molar-refractivity contribution >= 4 is 18.6 Å². The van der Waals surface area contributed by atoms with E-state index in [1.165, 1.54) is 0 Å². The highest BCUT2D eigenvalue weighted by Gasteiger charge is 2.27. The molecule has 0 spiro atoms. The van der Waals surface area contributed by atoms with Crippen LogP contribution in [0.2, 0.25) is 0 Å². The third-order valence-electron chi connectivity index (χ3n) is 3.39. The lowest BCUT2D eigenvalue weighted by Gasteiger charge is -2.11. The van der Waals surface area contributed by atoms with Gasteiger partial charge < -0.3 is 19.2 Å². The maximum Gasteiger partial charge on any atom is 0.491 e. The van der Waals surface area contributed by atoms with Crippen LogP contribution in [0.4, 0.5) is 0 Å². The number of carbonyl (C=O) groups is 1. The van der Waals surface area contributed by atoms with Crippen molar-refractivity contribution in [1.29, 1.82) is 0 Å². The fraction of sp³-hybridized carbons (Fsp3) is 0.188. The molecule has 2 aromatic rings. The molecule has 1 aliphatic heterocycles. The Morgan fingerprint density at radius 3 is 2.95 bits per heavy atom. The van der Waals surface area contributed by atoms with Crippen LogP contribution in [0.15, 0.2) is 42.5 Å². The third-order valence-corrected chi connectivity index (χ3v) is 3.39. The highest BCUT2D eigenvalue weighted by molar-refractivity contribution is 6.61. The minimum atomic E-state index is -0.879. The Bertz CT molecular complexity index is 701. The zero-order chi connectivity index (χ0) is 15.5. The normalized spacial score (nSPS) is 12.9. The molecule has 0 bridgehead atoms. The molecule has 0 saturated heterocycles. The average molecular weight is 298 g/mol. The van der Waals surface area contributed by atoms with Crippen molar-refractivity contribution in [2.75, 3.05) is 6.61 Å². The Labute approximate surface area is 128 Å². The molecule has 2 aromatic carbocycles. The van der Waals surface area contributed by atoms with E-state index >= 15 is 0 Å². The number of benzene rings is 2. The van der Waals surface area contributed by atoms with Crippen LogP contribution in [0.1, 0.15) is 22.8 Å². The number of ether oxygens (including phenoxy) is 2. The minimum Gasteiger partial charge on any atom is -0.462 e. The van der Waals surface area contributed by atoms with Gasteiger partial charge >= 0.3 is 13.1 Å². The number of hydrogen-bond donors (Lipinski definition) is 1. The van der Waals surface area contributed by atoms with Crippen molar-refractivity contribution in [1.82, 2.24) is 0 Å². The van der Waals surface area contributed by atoms with Crippen LogP contribution in [-0.2, 0) is 16.0 Å². The van der Waals surface area contributed by atoms with Gasteiger partial charge in [-0.05, 0) is 42.2 Å². The van der Waals surface area contributed by atoms with Gasteiger partial charge in [0.1, 0.15) is 17.1 Å². The molecule has 0 aliphatic carbocycles. The van der Waals surface area contributed by atoms with Crippen LogP contribution in [0.25, 0.3) is 0 Å². The molecular weight excluding hydrogens is 283 g/mol. The van der Waals surface area contributed by atoms with Gasteiger partial charge in [-0.1, -0.05) is 18.2 Å². The molecule has 0 amide bonds. The van der Waals surface area contributed by atoms with E-state index in [0.717, 1.165) is 11.0 Å². The van der Waals surface area contributed by atoms with Gasteiger partial charge in [0.25, 0.3) is 0 Å². The molecular formula is C16H15BO5. The highest BCUT2D eigenvalue weighted by Crippen LogP contribution is 2.27. The van der Waals surface area contributed by atoms with Crippen molar-refractivity contribution in [3.05, 3.63) is 53.6 Å². The van der Waals surface area contributed by atoms with Gasteiger partial charge in [0.2, 0.25) is 0 Å². The van der Waals surface area contributed by atoms with E-state index in [2.05, 4.69) is 0 Å². The predicted molar refractivity (Wildman–Crippen MR) is 81.3 cm³/mol. The lowest BCUT2D eigenvalue weighted by molar-refractivity contribution is 0.0523. The van der Waals surface area contributed by atoms with Gasteiger partial charge in [0.05, 0.1) is 13.2 Å². The first-order valence-corrected chi connectivity index (χ1v) is 7.05. The summed E-state index contributed by atoms with van der Waals surface area (Å²) >= 11 is 0. The third kappa shape index (κ3) is 2.84. The van der Waals surface area contributed by atoms with Crippen molar-refractivity contribution in [3.8, 4) is 11.5 Å². The molecule has 112 valence electrons. The van der Waals surface area contributed by atoms with Gasteiger partial charge in [-0.3, -0.25) is 0 Å². The maximum absolute atomic E-state index is 11.9. The van der Waals surface area contributed by atoms with E-state index in [4.69, 9.17) is 14.1 Å². The summed E-state index contributed by atoms with van der Waals surface area (Å²) in [6.07, 6.45) is 0. The lowest BCUT2D eigenvalue weighted by atomic mass is 9.80. The molecule has 1 heterocycles. The number of fused-ring (bicyclic) bond motifs is 1. The van der Waals surface area contributed by atoms with Crippen LogP contribution in [0.3, 0.4) is 0 Å². The second-order valence-corrected chi connectivity index (χ2v) is 4.84. The molecule has 5 nitrogen and oxygen atoms in total. The highest BCUT2D eigenvalue weighted by atomic mass is 16.5. The van der Waals surface area contributed by atoms with Crippen molar-refractivity contribution in [2.45, 2.75) is 13.5 Å². The van der Waals surface area contributed by atoms with E-state index in [1.807, 2.05) is 0 Å². The summed E-state index contributed by atoms with van der Waals surface area (Å²) in [6, 6.07) is 12.2. The topological polar surface area (TPSA) is 65.0 Å². The Hall–Kier alpha value is -2.31. The molecule has 1 aliphatic rings. The number of esters is 1. The van der Waals surface area contributed by atoms with Crippen LogP contribution >= 0.6 is 0 Å². The maximum atomic E-state index is 11.9. The molecule has 0 radical (unpaired) electrons. The van der Waals surface area contributed by atoms with Gasteiger partial charge in [-0.15, -0.1) is 0 Å². The summed E-state index contributed by atoms with van der Waals surface area (Å²) in [6.45, 7) is 2.40. The SMILES string of the molecule is CCOC(=O)c1ccccc1Oc1ccc2c(c1)COB2O. The van der Waals surface area contributed by atoms with Crippen molar-refractivity contribution in [2.24, 2.45) is 0 Å². The Balaban J connectivity index is 1.86. The molecule has 6 heteroatoms. The number of para-hydroxylation sites is 1. The molecule has 0 fully saturated rings. The fourth-order valence-electron chi connectivity index (χ4n) is 2.33. The molecule has 0 aromatic heterocycles. The summed E-state index contributed by atoms with van der Waals surface area (Å²) in [5.41, 5.74) is 1.99. The smallest absolute Gasteiger partial charge is 0.462 e. The predicted octanol–water partition coefficient (Wildman–Crippen LogP) is 1.87. The Morgan fingerprint density at radius 1 is 1.32 bits per heavy atom. The summed E-state index contributed by atoms with van der Waals surface area (Å²) in [4.78, 5) is 11.9. The summed E-state index contributed by atoms with van der Waals surface area (Å²) in [5, 5.41) is 9.61. The Kier molecular flexibility index (Phi) is 4.13. The van der Waals surface area contributed by atoms with Gasteiger partial charge in [0, 0.05) is 0 Å². The second-order valence-electron chi connectivity index (χ2n) is 4.84. The van der Waals surface area contributed by atoms with E-state index in [0.29, 0.717) is 30.3 Å². The lowest BCUT2D eigenvalue weighted by Crippen LogP contribution is -2.27. The number of hydrogen-bond acceptors (Lipinski definition) is 5. The minimum absolute atomic E-state index is 0.307. The fourth-order valence-corrected chi connectivity index (χ4v) is 2.33. The standard InChI is InChI=1S/C16H15BO5/c1-2-20-16(18)13-5-3-4-6-15(13)22-12-7-8-14-11(9-12)10-21-17(14)19/h3-9,19H,2,10H2,1H3. The molecule has 0 atom stereocenters. The summed E-state index contributed by atoms with van der Waals surface area (Å²) < 4.78 is 16.0. The van der Waals surface area contributed by atoms with E-state index < -0.39 is 13.1 Å². The Morgan fingerprint density at radius 2 is 2.14 bits per heavy atom. The molecule has 0 saturated carbocycles. The first-order valence-electron chi connectivity index (χ1n) is 7.05. The zero-order valence-electron chi connectivity index (χ0n) is 12.1. The monoisotopic (exact) mass is 298 g/mol. The largest absolute Gasteiger partial charge is 0.491 e. The number of rotatable bonds is 4. The second kappa shape index (κ2) is 6.21. The van der Waals surface area contributed by atoms with Gasteiger partial charge in [-0.2, -0.15) is 0 Å². The first kappa shape index (κ1) is 14.6. The first-order chi connectivity index (χ1) is 10.7. The van der Waals surface area contributed by atoms with Crippen molar-refractivity contribution < 1.29 is 23.9 Å². The zero-order valence-corrected chi connectivity index (χ0v) is 12.1. The summed E-state index contributed by atoms with van der Waals surface area (Å²) in [7, 11) is -0.879. The summed E-state index contributed by atoms with van der Waals surface area (Å²) in [5.74, 6) is 0.589. The molecule has 0 unspecified atom stereocenters. The van der Waals surface area contributed by atoms with E-state index in [-0.39, 0.29) is 0 Å². The molecule has 1 N–H and O–H groups in total. The average Bonchev–Trinajstić information content (AvgIpc) is 2.89. The van der Waals surface area contributed by atoms with E-state index in [1.54, 1.807) is 49.4 Å². The quantitative estimate of drug-likeness (QED) is 0.689. The van der Waals surface area contributed by atoms with Gasteiger partial charge in [0.15, 0.2) is 0 Å². The van der Waals surface area contributed by atoms with Crippen LogP contribution in [0.5, 0.6) is 11.5 Å². The molecule has 22 heavy (non-hydrogen) atoms. The number of carbonyl (C=O) groups excluding carboxylic acids is 1. The van der Waals surface area contributed by atoms with Crippen molar-refractivity contribution in [3.63, 3.8) is 0 Å². The van der Waals surface area contributed by atoms with E-state index in [9.17, 15) is 9.82 Å².